The Balaban J connectivity index is 1.87. The number of nitrogens with zero attached hydrogens (tertiary/aromatic N) is 2. The van der Waals surface area contributed by atoms with Gasteiger partial charge in [0.2, 0.25) is 5.13 Å². The van der Waals surface area contributed by atoms with Gasteiger partial charge in [0, 0.05) is 10.6 Å². The van der Waals surface area contributed by atoms with Crippen molar-refractivity contribution in [2.75, 3.05) is 12.4 Å². The van der Waals surface area contributed by atoms with Crippen LogP contribution in [0.3, 0.4) is 0 Å². The fourth-order valence-corrected chi connectivity index (χ4v) is 4.29. The van der Waals surface area contributed by atoms with Gasteiger partial charge in [-0.25, -0.2) is 0 Å². The molecule has 24 heavy (non-hydrogen) atoms. The van der Waals surface area contributed by atoms with E-state index in [1.807, 2.05) is 30.3 Å². The molecule has 7 heteroatoms. The number of thioether (sulfide) groups is 1. The molecule has 0 aliphatic rings. The minimum atomic E-state index is -0.255. The highest BCUT2D eigenvalue weighted by Crippen LogP contribution is 2.32. The number of aromatic nitrogens is 2. The third kappa shape index (κ3) is 3.52. The lowest BCUT2D eigenvalue weighted by atomic mass is 10.0. The van der Waals surface area contributed by atoms with Gasteiger partial charge >= 0.3 is 0 Å². The fraction of sp³-hybridized carbons (Fsp3) is 0.235. The molecule has 0 unspecified atom stereocenters. The summed E-state index contributed by atoms with van der Waals surface area (Å²) in [5, 5.41) is 13.7. The second-order valence-electron chi connectivity index (χ2n) is 5.36. The number of amides is 1. The molecular weight excluding hydrogens is 342 g/mol. The zero-order valence-electron chi connectivity index (χ0n) is 13.6. The van der Waals surface area contributed by atoms with Crippen molar-refractivity contribution in [2.24, 2.45) is 0 Å². The largest absolute Gasteiger partial charge is 0.495 e. The standard InChI is InChI=1S/C17H17N3O2S2/c1-10(2)23-17-20-19-16(24-17)18-15(21)13-9-8-11-6-4-5-7-12(11)14(13)22-3/h4-10H,1-3H3,(H,18,19,21). The highest BCUT2D eigenvalue weighted by atomic mass is 32.2. The minimum absolute atomic E-state index is 0.255. The number of anilines is 1. The summed E-state index contributed by atoms with van der Waals surface area (Å²) in [5.41, 5.74) is 0.476. The smallest absolute Gasteiger partial charge is 0.261 e. The average Bonchev–Trinajstić information content (AvgIpc) is 2.99. The van der Waals surface area contributed by atoms with Crippen LogP contribution >= 0.6 is 23.1 Å². The Bertz CT molecular complexity index is 877. The van der Waals surface area contributed by atoms with E-state index in [1.165, 1.54) is 11.3 Å². The Hall–Kier alpha value is -2.12. The number of hydrogen-bond donors (Lipinski definition) is 1. The lowest BCUT2D eigenvalue weighted by Gasteiger charge is -2.11. The monoisotopic (exact) mass is 359 g/mol. The first kappa shape index (κ1) is 16.7. The van der Waals surface area contributed by atoms with Crippen molar-refractivity contribution in [3.05, 3.63) is 42.0 Å². The van der Waals surface area contributed by atoms with E-state index in [9.17, 15) is 4.79 Å². The molecule has 2 aromatic carbocycles. The second kappa shape index (κ2) is 7.19. The van der Waals surface area contributed by atoms with Crippen LogP contribution in [0.25, 0.3) is 10.8 Å². The van der Waals surface area contributed by atoms with E-state index in [1.54, 1.807) is 24.9 Å². The number of hydrogen-bond acceptors (Lipinski definition) is 6. The molecule has 1 N–H and O–H groups in total. The van der Waals surface area contributed by atoms with Crippen LogP contribution in [-0.2, 0) is 0 Å². The number of nitrogens with one attached hydrogen (secondary N) is 1. The Morgan fingerprint density at radius 3 is 2.75 bits per heavy atom. The van der Waals surface area contributed by atoms with Gasteiger partial charge in [0.1, 0.15) is 5.75 Å². The normalized spacial score (nSPS) is 11.0. The SMILES string of the molecule is COc1c(C(=O)Nc2nnc(SC(C)C)s2)ccc2ccccc12. The maximum Gasteiger partial charge on any atom is 0.261 e. The van der Waals surface area contributed by atoms with Gasteiger partial charge in [-0.2, -0.15) is 0 Å². The lowest BCUT2D eigenvalue weighted by molar-refractivity contribution is 0.102. The Kier molecular flexibility index (Phi) is 5.01. The maximum atomic E-state index is 12.6. The van der Waals surface area contributed by atoms with Crippen LogP contribution in [0.2, 0.25) is 0 Å². The van der Waals surface area contributed by atoms with Crippen LogP contribution in [0.4, 0.5) is 5.13 Å². The highest BCUT2D eigenvalue weighted by molar-refractivity contribution is 8.01. The Labute approximate surface area is 148 Å². The molecule has 124 valence electrons. The first-order chi connectivity index (χ1) is 11.6. The number of benzene rings is 2. The van der Waals surface area contributed by atoms with Crippen molar-refractivity contribution in [1.29, 1.82) is 0 Å². The summed E-state index contributed by atoms with van der Waals surface area (Å²) < 4.78 is 6.32. The quantitative estimate of drug-likeness (QED) is 0.538. The van der Waals surface area contributed by atoms with Crippen molar-refractivity contribution in [2.45, 2.75) is 23.4 Å². The van der Waals surface area contributed by atoms with E-state index >= 15 is 0 Å². The Morgan fingerprint density at radius 1 is 1.21 bits per heavy atom. The molecule has 0 aliphatic carbocycles. The summed E-state index contributed by atoms with van der Waals surface area (Å²) in [6.07, 6.45) is 0. The van der Waals surface area contributed by atoms with Gasteiger partial charge in [-0.15, -0.1) is 10.2 Å². The van der Waals surface area contributed by atoms with Crippen LogP contribution in [0.1, 0.15) is 24.2 Å². The topological polar surface area (TPSA) is 64.1 Å². The lowest BCUT2D eigenvalue weighted by Crippen LogP contribution is -2.13. The van der Waals surface area contributed by atoms with Crippen molar-refractivity contribution in [3.63, 3.8) is 0 Å². The third-order valence-electron chi connectivity index (χ3n) is 3.29. The molecular formula is C17H17N3O2S2. The summed E-state index contributed by atoms with van der Waals surface area (Å²) >= 11 is 2.99. The summed E-state index contributed by atoms with van der Waals surface area (Å²) in [5.74, 6) is 0.307. The average molecular weight is 359 g/mol. The van der Waals surface area contributed by atoms with Crippen LogP contribution in [-0.4, -0.2) is 28.5 Å². The predicted molar refractivity (Wildman–Crippen MR) is 99.4 cm³/mol. The van der Waals surface area contributed by atoms with Crippen LogP contribution in [0, 0.1) is 0 Å². The Morgan fingerprint density at radius 2 is 2.00 bits per heavy atom. The van der Waals surface area contributed by atoms with Gasteiger partial charge in [-0.3, -0.25) is 10.1 Å². The van der Waals surface area contributed by atoms with E-state index < -0.39 is 0 Å². The van der Waals surface area contributed by atoms with Gasteiger partial charge in [0.25, 0.3) is 5.91 Å². The third-order valence-corrected chi connectivity index (χ3v) is 5.22. The summed E-state index contributed by atoms with van der Waals surface area (Å²) in [4.78, 5) is 12.6. The van der Waals surface area contributed by atoms with Crippen molar-refractivity contribution in [3.8, 4) is 5.75 Å². The molecule has 1 aromatic heterocycles. The van der Waals surface area contributed by atoms with E-state index in [0.29, 0.717) is 21.7 Å². The summed E-state index contributed by atoms with van der Waals surface area (Å²) in [6.45, 7) is 4.18. The second-order valence-corrected chi connectivity index (χ2v) is 8.16. The minimum Gasteiger partial charge on any atom is -0.495 e. The van der Waals surface area contributed by atoms with Gasteiger partial charge in [0.05, 0.1) is 12.7 Å². The van der Waals surface area contributed by atoms with Crippen LogP contribution < -0.4 is 10.1 Å². The molecule has 0 saturated heterocycles. The number of carbonyl (C=O) groups is 1. The summed E-state index contributed by atoms with van der Waals surface area (Å²) in [7, 11) is 1.57. The fourth-order valence-electron chi connectivity index (χ4n) is 2.32. The zero-order chi connectivity index (χ0) is 17.1. The van der Waals surface area contributed by atoms with E-state index in [-0.39, 0.29) is 5.91 Å². The van der Waals surface area contributed by atoms with E-state index in [0.717, 1.165) is 15.1 Å². The molecule has 1 heterocycles. The van der Waals surface area contributed by atoms with Crippen LogP contribution in [0.15, 0.2) is 40.7 Å². The number of ether oxygens (including phenoxy) is 1. The molecule has 0 radical (unpaired) electrons. The first-order valence-corrected chi connectivity index (χ1v) is 9.15. The van der Waals surface area contributed by atoms with Crippen molar-refractivity contribution in [1.82, 2.24) is 10.2 Å². The molecule has 3 rings (SSSR count). The first-order valence-electron chi connectivity index (χ1n) is 7.45. The van der Waals surface area contributed by atoms with Crippen LogP contribution in [0.5, 0.6) is 5.75 Å². The molecule has 5 nitrogen and oxygen atoms in total. The van der Waals surface area contributed by atoms with Gasteiger partial charge in [0.15, 0.2) is 4.34 Å². The zero-order valence-corrected chi connectivity index (χ0v) is 15.2. The molecule has 0 bridgehead atoms. The number of methoxy groups -OCH3 is 1. The number of carbonyl (C=O) groups excluding carboxylic acids is 1. The molecule has 0 aliphatic heterocycles. The van der Waals surface area contributed by atoms with Crippen molar-refractivity contribution >= 4 is 44.9 Å². The van der Waals surface area contributed by atoms with Gasteiger partial charge in [-0.1, -0.05) is 67.3 Å². The maximum absolute atomic E-state index is 12.6. The molecule has 3 aromatic rings. The molecule has 0 fully saturated rings. The number of fused-ring (bicyclic) bond motifs is 1. The van der Waals surface area contributed by atoms with Gasteiger partial charge < -0.3 is 4.74 Å². The number of rotatable bonds is 5. The molecule has 0 spiro atoms. The predicted octanol–water partition coefficient (Wildman–Crippen LogP) is 4.45. The van der Waals surface area contributed by atoms with E-state index in [2.05, 4.69) is 29.4 Å². The molecule has 1 amide bonds. The van der Waals surface area contributed by atoms with E-state index in [4.69, 9.17) is 4.74 Å². The summed E-state index contributed by atoms with van der Waals surface area (Å²) in [6, 6.07) is 11.5. The van der Waals surface area contributed by atoms with Gasteiger partial charge in [-0.05, 0) is 11.5 Å². The van der Waals surface area contributed by atoms with Crippen molar-refractivity contribution < 1.29 is 9.53 Å². The molecule has 0 saturated carbocycles. The molecule has 0 atom stereocenters. The highest BCUT2D eigenvalue weighted by Gasteiger charge is 2.17.